The van der Waals surface area contributed by atoms with Gasteiger partial charge in [0, 0.05) is 16.7 Å². The minimum Gasteiger partial charge on any atom is -1.00 e. The quantitative estimate of drug-likeness (QED) is 0.705. The minimum absolute atomic E-state index is 0. The molecule has 140 valence electrons. The molecule has 1 aromatic heterocycles. The standard InChI is InChI=1S/C20H25ClN3O.BrH/c21-17-11-9-16(10-12-17)20(25)15-23-14-6-13-22-19(23)24(20)18-7-4-2-1-3-5-8-18;/h6,9-14,18,25H,1-5,7-8,15H2;1H/q+1;/p-1. The molecule has 1 aliphatic carbocycles. The van der Waals surface area contributed by atoms with E-state index in [1.54, 1.807) is 0 Å². The molecule has 1 saturated carbocycles. The molecule has 2 aromatic rings. The average Bonchev–Trinajstić information content (AvgIpc) is 2.89. The van der Waals surface area contributed by atoms with Crippen molar-refractivity contribution in [2.24, 2.45) is 0 Å². The highest BCUT2D eigenvalue weighted by Crippen LogP contribution is 2.38. The Morgan fingerprint density at radius 3 is 2.42 bits per heavy atom. The van der Waals surface area contributed by atoms with Crippen molar-refractivity contribution in [2.45, 2.75) is 63.3 Å². The third-order valence-electron chi connectivity index (χ3n) is 5.55. The smallest absolute Gasteiger partial charge is 0.397 e. The van der Waals surface area contributed by atoms with Crippen molar-refractivity contribution in [1.29, 1.82) is 0 Å². The van der Waals surface area contributed by atoms with Gasteiger partial charge in [0.05, 0.1) is 12.2 Å². The molecule has 1 fully saturated rings. The number of benzene rings is 1. The van der Waals surface area contributed by atoms with Gasteiger partial charge < -0.3 is 22.1 Å². The van der Waals surface area contributed by atoms with E-state index < -0.39 is 5.72 Å². The van der Waals surface area contributed by atoms with Crippen molar-refractivity contribution < 1.29 is 26.7 Å². The Kier molecular flexibility index (Phi) is 6.21. The molecule has 4 rings (SSSR count). The average molecular weight is 439 g/mol. The normalized spacial score (nSPS) is 23.7. The Hall–Kier alpha value is -1.17. The molecule has 1 atom stereocenters. The molecule has 1 aromatic carbocycles. The molecule has 0 spiro atoms. The summed E-state index contributed by atoms with van der Waals surface area (Å²) in [5, 5.41) is 12.5. The first-order valence-corrected chi connectivity index (χ1v) is 9.68. The van der Waals surface area contributed by atoms with Crippen LogP contribution < -0.4 is 26.4 Å². The van der Waals surface area contributed by atoms with Crippen LogP contribution in [0.25, 0.3) is 0 Å². The van der Waals surface area contributed by atoms with Gasteiger partial charge in [0.2, 0.25) is 5.72 Å². The summed E-state index contributed by atoms with van der Waals surface area (Å²) in [6.07, 6.45) is 12.4. The number of anilines is 1. The van der Waals surface area contributed by atoms with Crippen molar-refractivity contribution in [1.82, 2.24) is 4.98 Å². The molecule has 6 heteroatoms. The highest BCUT2D eigenvalue weighted by atomic mass is 79.9. The first kappa shape index (κ1) is 19.6. The van der Waals surface area contributed by atoms with E-state index in [-0.39, 0.29) is 17.0 Å². The van der Waals surface area contributed by atoms with Crippen LogP contribution in [0.4, 0.5) is 5.95 Å². The second-order valence-corrected chi connectivity index (χ2v) is 7.68. The van der Waals surface area contributed by atoms with E-state index in [1.807, 2.05) is 42.7 Å². The van der Waals surface area contributed by atoms with E-state index in [4.69, 9.17) is 11.6 Å². The summed E-state index contributed by atoms with van der Waals surface area (Å²) < 4.78 is 2.06. The molecule has 26 heavy (non-hydrogen) atoms. The van der Waals surface area contributed by atoms with E-state index in [0.29, 0.717) is 17.6 Å². The number of halogens is 2. The number of rotatable bonds is 2. The van der Waals surface area contributed by atoms with Crippen LogP contribution in [0, 0.1) is 0 Å². The maximum absolute atomic E-state index is 11.8. The van der Waals surface area contributed by atoms with Crippen molar-refractivity contribution in [2.75, 3.05) is 4.90 Å². The number of hydrogen-bond donors (Lipinski definition) is 1. The third kappa shape index (κ3) is 3.62. The number of aliphatic hydroxyl groups is 1. The summed E-state index contributed by atoms with van der Waals surface area (Å²) in [6.45, 7) is 0.494. The van der Waals surface area contributed by atoms with Crippen molar-refractivity contribution in [3.05, 3.63) is 53.3 Å². The number of fused-ring (bicyclic) bond motifs is 1. The van der Waals surface area contributed by atoms with Crippen molar-refractivity contribution in [3.63, 3.8) is 0 Å². The largest absolute Gasteiger partial charge is 1.00 e. The lowest BCUT2D eigenvalue weighted by molar-refractivity contribution is -0.685. The zero-order chi connectivity index (χ0) is 17.3. The van der Waals surface area contributed by atoms with Crippen LogP contribution in [0.5, 0.6) is 0 Å². The fourth-order valence-corrected chi connectivity index (χ4v) is 4.43. The van der Waals surface area contributed by atoms with Crippen molar-refractivity contribution in [3.8, 4) is 0 Å². The Morgan fingerprint density at radius 1 is 1.08 bits per heavy atom. The van der Waals surface area contributed by atoms with Gasteiger partial charge in [-0.15, -0.1) is 0 Å². The van der Waals surface area contributed by atoms with Gasteiger partial charge >= 0.3 is 5.95 Å². The summed E-state index contributed by atoms with van der Waals surface area (Å²) in [6, 6.07) is 9.81. The lowest BCUT2D eigenvalue weighted by Crippen LogP contribution is -3.00. The lowest BCUT2D eigenvalue weighted by atomic mass is 9.92. The van der Waals surface area contributed by atoms with Gasteiger partial charge in [0.1, 0.15) is 12.7 Å². The number of nitrogens with zero attached hydrogens (tertiary/aromatic N) is 3. The maximum atomic E-state index is 11.8. The van der Waals surface area contributed by atoms with Crippen LogP contribution in [0.2, 0.25) is 5.02 Å². The van der Waals surface area contributed by atoms with Crippen LogP contribution in [-0.4, -0.2) is 16.1 Å². The fraction of sp³-hybridized carbons (Fsp3) is 0.500. The summed E-state index contributed by atoms with van der Waals surface area (Å²) in [5.41, 5.74) is -0.194. The van der Waals surface area contributed by atoms with E-state index in [0.717, 1.165) is 24.4 Å². The monoisotopic (exact) mass is 437 g/mol. The second-order valence-electron chi connectivity index (χ2n) is 7.24. The number of aromatic nitrogens is 2. The van der Waals surface area contributed by atoms with Gasteiger partial charge in [0.25, 0.3) is 0 Å². The highest BCUT2D eigenvalue weighted by Gasteiger charge is 2.54. The van der Waals surface area contributed by atoms with E-state index in [2.05, 4.69) is 14.5 Å². The lowest BCUT2D eigenvalue weighted by Gasteiger charge is -2.35. The first-order chi connectivity index (χ1) is 12.2. The summed E-state index contributed by atoms with van der Waals surface area (Å²) in [4.78, 5) is 6.78. The molecular formula is C20H25BrClN3O. The van der Waals surface area contributed by atoms with Gasteiger partial charge in [0.15, 0.2) is 0 Å². The molecular weight excluding hydrogens is 414 g/mol. The summed E-state index contributed by atoms with van der Waals surface area (Å²) in [7, 11) is 0. The maximum Gasteiger partial charge on any atom is 0.397 e. The third-order valence-corrected chi connectivity index (χ3v) is 5.80. The Morgan fingerprint density at radius 2 is 1.73 bits per heavy atom. The predicted octanol–water partition coefficient (Wildman–Crippen LogP) is 0.805. The fourth-order valence-electron chi connectivity index (χ4n) is 4.30. The minimum atomic E-state index is -1.07. The van der Waals surface area contributed by atoms with E-state index in [1.165, 1.54) is 32.1 Å². The Labute approximate surface area is 170 Å². The second kappa shape index (κ2) is 8.24. The Bertz CT molecular complexity index is 734. The zero-order valence-corrected chi connectivity index (χ0v) is 17.2. The van der Waals surface area contributed by atoms with Crippen LogP contribution in [0.3, 0.4) is 0 Å². The van der Waals surface area contributed by atoms with Gasteiger partial charge in [-0.3, -0.25) is 0 Å². The molecule has 0 radical (unpaired) electrons. The van der Waals surface area contributed by atoms with Crippen LogP contribution in [0.15, 0.2) is 42.7 Å². The molecule has 1 aliphatic heterocycles. The summed E-state index contributed by atoms with van der Waals surface area (Å²) >= 11 is 6.06. The molecule has 1 N–H and O–H groups in total. The van der Waals surface area contributed by atoms with Crippen molar-refractivity contribution >= 4 is 17.5 Å². The van der Waals surface area contributed by atoms with Crippen LogP contribution in [-0.2, 0) is 12.3 Å². The molecule has 0 amide bonds. The van der Waals surface area contributed by atoms with Gasteiger partial charge in [-0.25, -0.2) is 9.47 Å². The Balaban J connectivity index is 0.00000196. The number of hydrogen-bond acceptors (Lipinski definition) is 3. The van der Waals surface area contributed by atoms with Crippen LogP contribution in [0.1, 0.15) is 50.5 Å². The summed E-state index contributed by atoms with van der Waals surface area (Å²) in [5.74, 6) is 0.866. The van der Waals surface area contributed by atoms with E-state index in [9.17, 15) is 5.11 Å². The molecule has 0 bridgehead atoms. The zero-order valence-electron chi connectivity index (χ0n) is 14.8. The topological polar surface area (TPSA) is 40.2 Å². The molecule has 4 nitrogen and oxygen atoms in total. The van der Waals surface area contributed by atoms with Crippen LogP contribution >= 0.6 is 11.6 Å². The van der Waals surface area contributed by atoms with Gasteiger partial charge in [-0.05, 0) is 25.0 Å². The molecule has 1 unspecified atom stereocenters. The molecule has 2 aliphatic rings. The van der Waals surface area contributed by atoms with Gasteiger partial charge in [-0.2, -0.15) is 0 Å². The molecule has 0 saturated heterocycles. The highest BCUT2D eigenvalue weighted by molar-refractivity contribution is 6.30. The molecule has 2 heterocycles. The SMILES string of the molecule is OC1(c2ccc(Cl)cc2)C[n+]2cccnc2N1C1CCCCCCC1.[Br-]. The predicted molar refractivity (Wildman–Crippen MR) is 98.4 cm³/mol. The first-order valence-electron chi connectivity index (χ1n) is 9.31. The van der Waals surface area contributed by atoms with Gasteiger partial charge in [-0.1, -0.05) is 60.8 Å². The van der Waals surface area contributed by atoms with E-state index >= 15 is 0 Å².